The number of anilines is 1. The highest BCUT2D eigenvalue weighted by Gasteiger charge is 2.15. The number of aromatic nitrogens is 3. The molecule has 1 atom stereocenters. The van der Waals surface area contributed by atoms with Crippen LogP contribution in [0.4, 0.5) is 10.1 Å². The molecule has 0 aliphatic rings. The first-order valence-corrected chi connectivity index (χ1v) is 10.7. The number of hydrogen-bond donors (Lipinski definition) is 2. The lowest BCUT2D eigenvalue weighted by atomic mass is 10.2. The van der Waals surface area contributed by atoms with Gasteiger partial charge in [0.2, 0.25) is 0 Å². The summed E-state index contributed by atoms with van der Waals surface area (Å²) in [4.78, 5) is 4.42. The van der Waals surface area contributed by atoms with Crippen molar-refractivity contribution in [1.29, 1.82) is 0 Å². The third-order valence-corrected chi connectivity index (χ3v) is 4.78. The molecule has 0 radical (unpaired) electrons. The van der Waals surface area contributed by atoms with Crippen molar-refractivity contribution in [1.82, 2.24) is 14.8 Å². The molecule has 0 aliphatic heterocycles. The highest BCUT2D eigenvalue weighted by atomic mass is 19.1. The Balaban J connectivity index is 1.43. The van der Waals surface area contributed by atoms with E-state index in [0.717, 1.165) is 11.4 Å². The van der Waals surface area contributed by atoms with E-state index >= 15 is 0 Å². The zero-order chi connectivity index (χ0) is 23.0. The smallest absolute Gasteiger partial charge is 0.336 e. The third-order valence-electron chi connectivity index (χ3n) is 4.78. The standard InChI is InChI=1S/C25H25FN4O3/c1-2-32-25-28-24(18-7-6-8-19(26)15-18)30(29-25)21-13-11-20(12-14-21)27-16-22(31)17-33-23-9-4-3-5-10-23/h3-15,22,27,31H,2,16-17H2,1H3. The molecule has 3 aromatic carbocycles. The van der Waals surface area contributed by atoms with Crippen LogP contribution in [0.25, 0.3) is 17.1 Å². The van der Waals surface area contributed by atoms with E-state index < -0.39 is 6.10 Å². The predicted octanol–water partition coefficient (Wildman–Crippen LogP) is 4.32. The van der Waals surface area contributed by atoms with Crippen LogP contribution >= 0.6 is 0 Å². The Morgan fingerprint density at radius 2 is 1.79 bits per heavy atom. The van der Waals surface area contributed by atoms with E-state index in [1.807, 2.05) is 61.5 Å². The number of aliphatic hydroxyl groups excluding tert-OH is 1. The lowest BCUT2D eigenvalue weighted by Gasteiger charge is -2.14. The third kappa shape index (κ3) is 5.87. The van der Waals surface area contributed by atoms with Gasteiger partial charge in [0, 0.05) is 17.8 Å². The Hall–Kier alpha value is -3.91. The van der Waals surface area contributed by atoms with E-state index in [1.54, 1.807) is 16.8 Å². The summed E-state index contributed by atoms with van der Waals surface area (Å²) in [7, 11) is 0. The maximum absolute atomic E-state index is 13.8. The number of nitrogens with one attached hydrogen (secondary N) is 1. The Morgan fingerprint density at radius 3 is 2.52 bits per heavy atom. The lowest BCUT2D eigenvalue weighted by molar-refractivity contribution is 0.117. The molecule has 170 valence electrons. The van der Waals surface area contributed by atoms with Gasteiger partial charge >= 0.3 is 6.01 Å². The van der Waals surface area contributed by atoms with Crippen molar-refractivity contribution in [3.05, 3.63) is 84.7 Å². The number of benzene rings is 3. The number of rotatable bonds is 10. The van der Waals surface area contributed by atoms with Gasteiger partial charge in [-0.05, 0) is 55.5 Å². The largest absolute Gasteiger partial charge is 0.491 e. The first-order valence-electron chi connectivity index (χ1n) is 10.7. The topological polar surface area (TPSA) is 81.4 Å². The van der Waals surface area contributed by atoms with Crippen molar-refractivity contribution in [2.75, 3.05) is 25.1 Å². The van der Waals surface area contributed by atoms with Crippen LogP contribution in [0.3, 0.4) is 0 Å². The summed E-state index contributed by atoms with van der Waals surface area (Å²) in [6.07, 6.45) is -0.673. The van der Waals surface area contributed by atoms with Gasteiger partial charge in [0.1, 0.15) is 24.3 Å². The van der Waals surface area contributed by atoms with Gasteiger partial charge in [-0.1, -0.05) is 30.3 Å². The summed E-state index contributed by atoms with van der Waals surface area (Å²) in [5, 5.41) is 17.8. The van der Waals surface area contributed by atoms with Crippen molar-refractivity contribution in [2.24, 2.45) is 0 Å². The molecule has 0 saturated heterocycles. The van der Waals surface area contributed by atoms with E-state index in [0.29, 0.717) is 30.3 Å². The van der Waals surface area contributed by atoms with Gasteiger partial charge in [-0.2, -0.15) is 4.98 Å². The molecule has 1 unspecified atom stereocenters. The van der Waals surface area contributed by atoms with E-state index in [1.165, 1.54) is 12.1 Å². The van der Waals surface area contributed by atoms with E-state index in [2.05, 4.69) is 15.4 Å². The van der Waals surface area contributed by atoms with E-state index in [4.69, 9.17) is 9.47 Å². The number of nitrogens with zero attached hydrogens (tertiary/aromatic N) is 3. The molecule has 0 amide bonds. The SMILES string of the molecule is CCOc1nc(-c2cccc(F)c2)n(-c2ccc(NCC(O)COc3ccccc3)cc2)n1. The molecule has 0 spiro atoms. The minimum atomic E-state index is -0.673. The van der Waals surface area contributed by atoms with Crippen molar-refractivity contribution in [2.45, 2.75) is 13.0 Å². The summed E-state index contributed by atoms with van der Waals surface area (Å²) in [5.74, 6) is 0.843. The second-order valence-corrected chi connectivity index (χ2v) is 7.28. The van der Waals surface area contributed by atoms with Crippen molar-refractivity contribution >= 4 is 5.69 Å². The van der Waals surface area contributed by atoms with Gasteiger partial charge in [0.25, 0.3) is 0 Å². The average Bonchev–Trinajstić information content (AvgIpc) is 3.27. The van der Waals surface area contributed by atoms with Gasteiger partial charge in [0.05, 0.1) is 12.3 Å². The molecule has 33 heavy (non-hydrogen) atoms. The first kappa shape index (κ1) is 22.3. The Labute approximate surface area is 191 Å². The van der Waals surface area contributed by atoms with Crippen molar-refractivity contribution < 1.29 is 19.0 Å². The van der Waals surface area contributed by atoms with Crippen molar-refractivity contribution in [3.8, 4) is 28.8 Å². The van der Waals surface area contributed by atoms with Crippen LogP contribution in [0, 0.1) is 5.82 Å². The number of aliphatic hydroxyl groups is 1. The van der Waals surface area contributed by atoms with Gasteiger partial charge in [-0.25, -0.2) is 9.07 Å². The molecule has 7 nitrogen and oxygen atoms in total. The number of ether oxygens (including phenoxy) is 2. The quantitative estimate of drug-likeness (QED) is 0.376. The van der Waals surface area contributed by atoms with Gasteiger partial charge in [0.15, 0.2) is 5.82 Å². The lowest BCUT2D eigenvalue weighted by Crippen LogP contribution is -2.26. The highest BCUT2D eigenvalue weighted by Crippen LogP contribution is 2.25. The molecule has 0 bridgehead atoms. The van der Waals surface area contributed by atoms with Crippen LogP contribution in [0.1, 0.15) is 6.92 Å². The van der Waals surface area contributed by atoms with Crippen LogP contribution in [0.15, 0.2) is 78.9 Å². The summed E-state index contributed by atoms with van der Waals surface area (Å²) >= 11 is 0. The monoisotopic (exact) mass is 448 g/mol. The fraction of sp³-hybridized carbons (Fsp3) is 0.200. The average molecular weight is 448 g/mol. The van der Waals surface area contributed by atoms with E-state index in [9.17, 15) is 9.50 Å². The number of halogens is 1. The van der Waals surface area contributed by atoms with Crippen LogP contribution in [-0.2, 0) is 0 Å². The molecule has 8 heteroatoms. The second kappa shape index (κ2) is 10.6. The predicted molar refractivity (Wildman–Crippen MR) is 124 cm³/mol. The second-order valence-electron chi connectivity index (χ2n) is 7.28. The zero-order valence-electron chi connectivity index (χ0n) is 18.2. The number of hydrogen-bond acceptors (Lipinski definition) is 6. The Bertz CT molecular complexity index is 1170. The van der Waals surface area contributed by atoms with Gasteiger partial charge in [-0.3, -0.25) is 0 Å². The summed E-state index contributed by atoms with van der Waals surface area (Å²) in [5.41, 5.74) is 2.17. The Morgan fingerprint density at radius 1 is 1.00 bits per heavy atom. The molecule has 1 heterocycles. The van der Waals surface area contributed by atoms with Gasteiger partial charge in [-0.15, -0.1) is 5.10 Å². The molecule has 0 aliphatic carbocycles. The fourth-order valence-electron chi connectivity index (χ4n) is 3.20. The maximum Gasteiger partial charge on any atom is 0.336 e. The van der Waals surface area contributed by atoms with Crippen molar-refractivity contribution in [3.63, 3.8) is 0 Å². The molecular formula is C25H25FN4O3. The van der Waals surface area contributed by atoms with Crippen LogP contribution in [0.2, 0.25) is 0 Å². The molecule has 4 aromatic rings. The zero-order valence-corrected chi connectivity index (χ0v) is 18.2. The maximum atomic E-state index is 13.8. The molecule has 0 saturated carbocycles. The van der Waals surface area contributed by atoms with Crippen LogP contribution in [-0.4, -0.2) is 45.7 Å². The summed E-state index contributed by atoms with van der Waals surface area (Å²) < 4.78 is 26.4. The number of para-hydroxylation sites is 1. The molecule has 0 fully saturated rings. The minimum absolute atomic E-state index is 0.186. The highest BCUT2D eigenvalue weighted by molar-refractivity contribution is 5.59. The summed E-state index contributed by atoms with van der Waals surface area (Å²) in [6.45, 7) is 2.79. The van der Waals surface area contributed by atoms with Crippen LogP contribution in [0.5, 0.6) is 11.8 Å². The van der Waals surface area contributed by atoms with E-state index in [-0.39, 0.29) is 18.4 Å². The first-order chi connectivity index (χ1) is 16.1. The molecule has 4 rings (SSSR count). The molecule has 2 N–H and O–H groups in total. The van der Waals surface area contributed by atoms with Gasteiger partial charge < -0.3 is 19.9 Å². The molecular weight excluding hydrogens is 423 g/mol. The summed E-state index contributed by atoms with van der Waals surface area (Å²) in [6, 6.07) is 23.3. The minimum Gasteiger partial charge on any atom is -0.491 e. The fourth-order valence-corrected chi connectivity index (χ4v) is 3.20. The molecule has 1 aromatic heterocycles. The van der Waals surface area contributed by atoms with Crippen LogP contribution < -0.4 is 14.8 Å². The normalized spacial score (nSPS) is 11.7. The Kier molecular flexibility index (Phi) is 7.16.